The van der Waals surface area contributed by atoms with E-state index in [2.05, 4.69) is 28.4 Å². The number of ether oxygens (including phenoxy) is 1. The Morgan fingerprint density at radius 2 is 1.89 bits per heavy atom. The molecule has 0 unspecified atom stereocenters. The van der Waals surface area contributed by atoms with Gasteiger partial charge in [0, 0.05) is 31.7 Å². The number of nitrogens with one attached hydrogen (secondary N) is 1. The maximum absolute atomic E-state index is 5.42. The van der Waals surface area contributed by atoms with Gasteiger partial charge in [0.2, 0.25) is 0 Å². The van der Waals surface area contributed by atoms with Crippen LogP contribution in [-0.2, 0) is 5.54 Å². The molecular formula is C16H24N2O. The second-order valence-corrected chi connectivity index (χ2v) is 5.71. The molecule has 1 heterocycles. The quantitative estimate of drug-likeness (QED) is 0.903. The summed E-state index contributed by atoms with van der Waals surface area (Å²) >= 11 is 0. The third-order valence-corrected chi connectivity index (χ3v) is 4.76. The monoisotopic (exact) mass is 260 g/mol. The van der Waals surface area contributed by atoms with Gasteiger partial charge in [-0.1, -0.05) is 25.0 Å². The van der Waals surface area contributed by atoms with Crippen LogP contribution in [0.2, 0.25) is 0 Å². The fourth-order valence-corrected chi connectivity index (χ4v) is 3.75. The van der Waals surface area contributed by atoms with Crippen molar-refractivity contribution in [1.82, 2.24) is 10.2 Å². The zero-order chi connectivity index (χ0) is 13.1. The Hall–Kier alpha value is -1.06. The van der Waals surface area contributed by atoms with E-state index in [4.69, 9.17) is 4.74 Å². The van der Waals surface area contributed by atoms with Gasteiger partial charge in [-0.05, 0) is 30.5 Å². The molecule has 2 fully saturated rings. The van der Waals surface area contributed by atoms with Gasteiger partial charge in [0.25, 0.3) is 0 Å². The summed E-state index contributed by atoms with van der Waals surface area (Å²) in [5.74, 6) is 0.985. The molecule has 0 amide bonds. The number of methoxy groups -OCH3 is 1. The van der Waals surface area contributed by atoms with Crippen LogP contribution < -0.4 is 10.1 Å². The predicted octanol–water partition coefficient (Wildman–Crippen LogP) is 2.37. The van der Waals surface area contributed by atoms with Crippen molar-refractivity contribution in [1.29, 1.82) is 0 Å². The molecule has 3 nitrogen and oxygen atoms in total. The highest BCUT2D eigenvalue weighted by Gasteiger charge is 2.41. The number of benzene rings is 1. The molecular weight excluding hydrogens is 236 g/mol. The first kappa shape index (κ1) is 12.9. The second-order valence-electron chi connectivity index (χ2n) is 5.71. The lowest BCUT2D eigenvalue weighted by Gasteiger charge is -2.44. The summed E-state index contributed by atoms with van der Waals surface area (Å²) in [6.45, 7) is 4.56. The molecule has 104 valence electrons. The van der Waals surface area contributed by atoms with Crippen molar-refractivity contribution in [3.8, 4) is 5.75 Å². The van der Waals surface area contributed by atoms with E-state index in [9.17, 15) is 0 Å². The lowest BCUT2D eigenvalue weighted by Crippen LogP contribution is -2.53. The summed E-state index contributed by atoms with van der Waals surface area (Å²) in [4.78, 5) is 2.70. The largest absolute Gasteiger partial charge is 0.497 e. The molecule has 3 rings (SSSR count). The fraction of sp³-hybridized carbons (Fsp3) is 0.625. The molecule has 3 heteroatoms. The van der Waals surface area contributed by atoms with Gasteiger partial charge in [-0.25, -0.2) is 0 Å². The van der Waals surface area contributed by atoms with E-state index in [0.29, 0.717) is 0 Å². The highest BCUT2D eigenvalue weighted by atomic mass is 16.5. The van der Waals surface area contributed by atoms with Crippen molar-refractivity contribution in [3.63, 3.8) is 0 Å². The van der Waals surface area contributed by atoms with Crippen molar-refractivity contribution in [2.24, 2.45) is 0 Å². The van der Waals surface area contributed by atoms with Crippen LogP contribution in [0.4, 0.5) is 0 Å². The first-order chi connectivity index (χ1) is 9.35. The van der Waals surface area contributed by atoms with E-state index in [-0.39, 0.29) is 5.54 Å². The normalized spacial score (nSPS) is 23.4. The van der Waals surface area contributed by atoms with Crippen molar-refractivity contribution < 1.29 is 4.74 Å². The zero-order valence-electron chi connectivity index (χ0n) is 11.8. The Labute approximate surface area is 115 Å². The molecule has 1 aliphatic heterocycles. The Morgan fingerprint density at radius 1 is 1.16 bits per heavy atom. The summed E-state index contributed by atoms with van der Waals surface area (Å²) in [6, 6.07) is 8.71. The predicted molar refractivity (Wildman–Crippen MR) is 77.6 cm³/mol. The molecule has 1 N–H and O–H groups in total. The van der Waals surface area contributed by atoms with Crippen LogP contribution in [0.3, 0.4) is 0 Å². The van der Waals surface area contributed by atoms with Crippen LogP contribution in [0.5, 0.6) is 5.75 Å². The average Bonchev–Trinajstić information content (AvgIpc) is 2.99. The number of hydrogen-bond donors (Lipinski definition) is 1. The first-order valence-corrected chi connectivity index (χ1v) is 7.45. The smallest absolute Gasteiger partial charge is 0.119 e. The SMILES string of the molecule is COc1cccc(C2(N3CCNCC3)CCCC2)c1. The molecule has 1 aliphatic carbocycles. The van der Waals surface area contributed by atoms with Crippen molar-refractivity contribution >= 4 is 0 Å². The minimum absolute atomic E-state index is 0.261. The highest BCUT2D eigenvalue weighted by Crippen LogP contribution is 2.44. The number of piperazine rings is 1. The van der Waals surface area contributed by atoms with E-state index in [1.807, 2.05) is 6.07 Å². The summed E-state index contributed by atoms with van der Waals surface area (Å²) in [5.41, 5.74) is 1.71. The summed E-state index contributed by atoms with van der Waals surface area (Å²) in [5, 5.41) is 3.46. The van der Waals surface area contributed by atoms with Gasteiger partial charge in [-0.2, -0.15) is 0 Å². The van der Waals surface area contributed by atoms with E-state index in [1.54, 1.807) is 7.11 Å². The van der Waals surface area contributed by atoms with Gasteiger partial charge in [-0.3, -0.25) is 4.90 Å². The molecule has 19 heavy (non-hydrogen) atoms. The zero-order valence-corrected chi connectivity index (χ0v) is 11.8. The molecule has 0 radical (unpaired) electrons. The maximum Gasteiger partial charge on any atom is 0.119 e. The van der Waals surface area contributed by atoms with Gasteiger partial charge in [0.15, 0.2) is 0 Å². The summed E-state index contributed by atoms with van der Waals surface area (Å²) in [7, 11) is 1.76. The minimum atomic E-state index is 0.261. The van der Waals surface area contributed by atoms with Crippen molar-refractivity contribution in [2.75, 3.05) is 33.3 Å². The number of hydrogen-bond acceptors (Lipinski definition) is 3. The number of nitrogens with zero attached hydrogens (tertiary/aromatic N) is 1. The van der Waals surface area contributed by atoms with Crippen LogP contribution in [0.15, 0.2) is 24.3 Å². The molecule has 1 saturated carbocycles. The van der Waals surface area contributed by atoms with E-state index in [1.165, 1.54) is 31.2 Å². The standard InChI is InChI=1S/C16H24N2O/c1-19-15-6-4-5-14(13-15)16(7-2-3-8-16)18-11-9-17-10-12-18/h4-6,13,17H,2-3,7-12H2,1H3. The molecule has 2 aliphatic rings. The molecule has 0 spiro atoms. The van der Waals surface area contributed by atoms with Crippen molar-refractivity contribution in [3.05, 3.63) is 29.8 Å². The summed E-state index contributed by atoms with van der Waals surface area (Å²) < 4.78 is 5.42. The molecule has 0 atom stereocenters. The number of rotatable bonds is 3. The van der Waals surface area contributed by atoms with Crippen LogP contribution >= 0.6 is 0 Å². The highest BCUT2D eigenvalue weighted by molar-refractivity contribution is 5.34. The maximum atomic E-state index is 5.42. The topological polar surface area (TPSA) is 24.5 Å². The van der Waals surface area contributed by atoms with Crippen LogP contribution in [-0.4, -0.2) is 38.2 Å². The Balaban J connectivity index is 1.94. The van der Waals surface area contributed by atoms with Gasteiger partial charge >= 0.3 is 0 Å². The molecule has 0 bridgehead atoms. The average molecular weight is 260 g/mol. The third-order valence-electron chi connectivity index (χ3n) is 4.76. The third kappa shape index (κ3) is 2.37. The molecule has 1 aromatic rings. The van der Waals surface area contributed by atoms with E-state index >= 15 is 0 Å². The van der Waals surface area contributed by atoms with Crippen LogP contribution in [0.1, 0.15) is 31.2 Å². The molecule has 1 saturated heterocycles. The molecule has 1 aromatic carbocycles. The summed E-state index contributed by atoms with van der Waals surface area (Å²) in [6.07, 6.45) is 5.28. The van der Waals surface area contributed by atoms with E-state index < -0.39 is 0 Å². The van der Waals surface area contributed by atoms with Gasteiger partial charge in [-0.15, -0.1) is 0 Å². The van der Waals surface area contributed by atoms with E-state index in [0.717, 1.165) is 31.9 Å². The second kappa shape index (κ2) is 5.51. The lowest BCUT2D eigenvalue weighted by atomic mass is 9.85. The minimum Gasteiger partial charge on any atom is -0.497 e. The van der Waals surface area contributed by atoms with Crippen LogP contribution in [0.25, 0.3) is 0 Å². The molecule has 0 aromatic heterocycles. The lowest BCUT2D eigenvalue weighted by molar-refractivity contribution is 0.0755. The van der Waals surface area contributed by atoms with Gasteiger partial charge < -0.3 is 10.1 Å². The van der Waals surface area contributed by atoms with Crippen LogP contribution in [0, 0.1) is 0 Å². The Bertz CT molecular complexity index is 421. The van der Waals surface area contributed by atoms with Gasteiger partial charge in [0.1, 0.15) is 5.75 Å². The first-order valence-electron chi connectivity index (χ1n) is 7.45. The Morgan fingerprint density at radius 3 is 2.58 bits per heavy atom. The van der Waals surface area contributed by atoms with Gasteiger partial charge in [0.05, 0.1) is 7.11 Å². The Kier molecular flexibility index (Phi) is 3.76. The van der Waals surface area contributed by atoms with Crippen molar-refractivity contribution in [2.45, 2.75) is 31.2 Å². The fourth-order valence-electron chi connectivity index (χ4n) is 3.75.